The molecule has 0 aromatic carbocycles. The number of hydrogen-bond donors (Lipinski definition) is 3. The lowest BCUT2D eigenvalue weighted by Crippen LogP contribution is -2.51. The number of nitrogens with one attached hydrogen (secondary N) is 3. The molecule has 0 spiro atoms. The lowest BCUT2D eigenvalue weighted by molar-refractivity contribution is -0.136. The van der Waals surface area contributed by atoms with Crippen molar-refractivity contribution in [2.75, 3.05) is 20.6 Å². The van der Waals surface area contributed by atoms with Crippen LogP contribution in [0.15, 0.2) is 0 Å². The average molecular weight is 241 g/mol. The summed E-state index contributed by atoms with van der Waals surface area (Å²) in [6.45, 7) is 0.308. The van der Waals surface area contributed by atoms with Crippen molar-refractivity contribution >= 4 is 17.7 Å². The Balaban J connectivity index is 2.69. The van der Waals surface area contributed by atoms with Crippen LogP contribution in [-0.2, 0) is 14.4 Å². The standard InChI is InChI=1S/C11H19N3O3/c1-12-8(15)3-5-11(10(17)13-2)6-4-9(16)14-7-11/h3-7H2,1-2H3,(H,12,15)(H,13,17)(H,14,16)/t11-/m0/s1. The van der Waals surface area contributed by atoms with Crippen molar-refractivity contribution in [2.24, 2.45) is 5.41 Å². The minimum absolute atomic E-state index is 0.0375. The normalized spacial score (nSPS) is 23.8. The lowest BCUT2D eigenvalue weighted by atomic mass is 9.75. The fourth-order valence-corrected chi connectivity index (χ4v) is 2.06. The first kappa shape index (κ1) is 13.5. The van der Waals surface area contributed by atoms with Crippen LogP contribution in [0.2, 0.25) is 0 Å². The first-order valence-electron chi connectivity index (χ1n) is 5.73. The van der Waals surface area contributed by atoms with Crippen molar-refractivity contribution in [1.29, 1.82) is 0 Å². The molecule has 96 valence electrons. The van der Waals surface area contributed by atoms with Gasteiger partial charge < -0.3 is 16.0 Å². The van der Waals surface area contributed by atoms with E-state index >= 15 is 0 Å². The molecule has 0 aliphatic carbocycles. The quantitative estimate of drug-likeness (QED) is 0.599. The zero-order valence-electron chi connectivity index (χ0n) is 10.3. The van der Waals surface area contributed by atoms with Crippen molar-refractivity contribution in [2.45, 2.75) is 25.7 Å². The van der Waals surface area contributed by atoms with E-state index in [0.29, 0.717) is 32.2 Å². The molecule has 0 bridgehead atoms. The smallest absolute Gasteiger partial charge is 0.227 e. The number of carbonyl (C=O) groups is 3. The number of rotatable bonds is 4. The van der Waals surface area contributed by atoms with E-state index < -0.39 is 5.41 Å². The Bertz CT molecular complexity index is 318. The summed E-state index contributed by atoms with van der Waals surface area (Å²) in [4.78, 5) is 34.3. The highest BCUT2D eigenvalue weighted by Crippen LogP contribution is 2.32. The van der Waals surface area contributed by atoms with E-state index in [0.717, 1.165) is 0 Å². The second-order valence-corrected chi connectivity index (χ2v) is 4.31. The number of piperidine rings is 1. The maximum atomic E-state index is 11.9. The number of carbonyl (C=O) groups excluding carboxylic acids is 3. The van der Waals surface area contributed by atoms with Crippen LogP contribution in [0.25, 0.3) is 0 Å². The first-order valence-corrected chi connectivity index (χ1v) is 5.73. The van der Waals surface area contributed by atoms with Gasteiger partial charge >= 0.3 is 0 Å². The molecular formula is C11H19N3O3. The summed E-state index contributed by atoms with van der Waals surface area (Å²) >= 11 is 0. The average Bonchev–Trinajstić information content (AvgIpc) is 2.37. The zero-order chi connectivity index (χ0) is 12.9. The van der Waals surface area contributed by atoms with Crippen LogP contribution in [0.5, 0.6) is 0 Å². The summed E-state index contributed by atoms with van der Waals surface area (Å²) in [5.74, 6) is -0.240. The van der Waals surface area contributed by atoms with Crippen LogP contribution >= 0.6 is 0 Å². The van der Waals surface area contributed by atoms with E-state index in [-0.39, 0.29) is 17.7 Å². The summed E-state index contributed by atoms with van der Waals surface area (Å²) in [5.41, 5.74) is -0.644. The minimum Gasteiger partial charge on any atom is -0.359 e. The molecule has 6 heteroatoms. The Morgan fingerprint density at radius 2 is 2.06 bits per heavy atom. The molecule has 1 fully saturated rings. The third kappa shape index (κ3) is 3.18. The van der Waals surface area contributed by atoms with Gasteiger partial charge in [0, 0.05) is 33.5 Å². The molecular weight excluding hydrogens is 222 g/mol. The van der Waals surface area contributed by atoms with Crippen LogP contribution in [0.1, 0.15) is 25.7 Å². The van der Waals surface area contributed by atoms with Crippen LogP contribution in [0.3, 0.4) is 0 Å². The van der Waals surface area contributed by atoms with Crippen LogP contribution in [0, 0.1) is 5.41 Å². The van der Waals surface area contributed by atoms with Gasteiger partial charge in [0.1, 0.15) is 0 Å². The molecule has 1 aliphatic heterocycles. The van der Waals surface area contributed by atoms with Crippen molar-refractivity contribution in [1.82, 2.24) is 16.0 Å². The van der Waals surface area contributed by atoms with Gasteiger partial charge in [0.25, 0.3) is 0 Å². The van der Waals surface area contributed by atoms with Gasteiger partial charge in [0.05, 0.1) is 5.41 Å². The molecule has 0 saturated carbocycles. The summed E-state index contributed by atoms with van der Waals surface area (Å²) in [7, 11) is 3.14. The molecule has 1 rings (SSSR count). The van der Waals surface area contributed by atoms with Gasteiger partial charge in [0.2, 0.25) is 17.7 Å². The molecule has 1 aliphatic rings. The third-order valence-electron chi connectivity index (χ3n) is 3.27. The third-order valence-corrected chi connectivity index (χ3v) is 3.27. The Labute approximate surface area is 101 Å². The lowest BCUT2D eigenvalue weighted by Gasteiger charge is -2.35. The summed E-state index contributed by atoms with van der Waals surface area (Å²) in [5, 5.41) is 7.84. The van der Waals surface area contributed by atoms with Gasteiger partial charge in [-0.05, 0) is 12.8 Å². The highest BCUT2D eigenvalue weighted by Gasteiger charge is 2.40. The number of amides is 3. The fourth-order valence-electron chi connectivity index (χ4n) is 2.06. The Morgan fingerprint density at radius 3 is 2.53 bits per heavy atom. The molecule has 1 heterocycles. The monoisotopic (exact) mass is 241 g/mol. The van der Waals surface area contributed by atoms with Crippen LogP contribution < -0.4 is 16.0 Å². The van der Waals surface area contributed by atoms with E-state index in [9.17, 15) is 14.4 Å². The summed E-state index contributed by atoms with van der Waals surface area (Å²) < 4.78 is 0. The number of hydrogen-bond acceptors (Lipinski definition) is 3. The van der Waals surface area contributed by atoms with E-state index in [4.69, 9.17) is 0 Å². The zero-order valence-corrected chi connectivity index (χ0v) is 10.3. The van der Waals surface area contributed by atoms with Crippen molar-refractivity contribution in [3.8, 4) is 0 Å². The predicted molar refractivity (Wildman–Crippen MR) is 62.0 cm³/mol. The molecule has 0 unspecified atom stereocenters. The van der Waals surface area contributed by atoms with Crippen molar-refractivity contribution < 1.29 is 14.4 Å². The highest BCUT2D eigenvalue weighted by molar-refractivity contribution is 5.87. The topological polar surface area (TPSA) is 87.3 Å². The Kier molecular flexibility index (Phi) is 4.48. The SMILES string of the molecule is CNC(=O)CC[C@]1(C(=O)NC)CCC(=O)NC1. The van der Waals surface area contributed by atoms with Crippen molar-refractivity contribution in [3.63, 3.8) is 0 Å². The Morgan fingerprint density at radius 1 is 1.35 bits per heavy atom. The molecule has 1 saturated heterocycles. The molecule has 3 amide bonds. The van der Waals surface area contributed by atoms with Gasteiger partial charge in [-0.25, -0.2) is 0 Å². The van der Waals surface area contributed by atoms with E-state index in [2.05, 4.69) is 16.0 Å². The molecule has 1 atom stereocenters. The molecule has 0 aromatic heterocycles. The second-order valence-electron chi connectivity index (χ2n) is 4.31. The maximum absolute atomic E-state index is 11.9. The van der Waals surface area contributed by atoms with Gasteiger partial charge in [-0.2, -0.15) is 0 Å². The van der Waals surface area contributed by atoms with E-state index in [1.54, 1.807) is 14.1 Å². The van der Waals surface area contributed by atoms with Crippen molar-refractivity contribution in [3.05, 3.63) is 0 Å². The van der Waals surface area contributed by atoms with Gasteiger partial charge in [0.15, 0.2) is 0 Å². The fraction of sp³-hybridized carbons (Fsp3) is 0.727. The first-order chi connectivity index (χ1) is 8.04. The van der Waals surface area contributed by atoms with Gasteiger partial charge in [-0.3, -0.25) is 14.4 Å². The van der Waals surface area contributed by atoms with Crippen LogP contribution in [0.4, 0.5) is 0 Å². The van der Waals surface area contributed by atoms with E-state index in [1.165, 1.54) is 0 Å². The largest absolute Gasteiger partial charge is 0.359 e. The molecule has 0 radical (unpaired) electrons. The maximum Gasteiger partial charge on any atom is 0.227 e. The summed E-state index contributed by atoms with van der Waals surface area (Å²) in [6, 6.07) is 0. The van der Waals surface area contributed by atoms with Crippen LogP contribution in [-0.4, -0.2) is 38.4 Å². The predicted octanol–water partition coefficient (Wildman–Crippen LogP) is -0.845. The second kappa shape index (κ2) is 5.65. The molecule has 0 aromatic rings. The van der Waals surface area contributed by atoms with E-state index in [1.807, 2.05) is 0 Å². The van der Waals surface area contributed by atoms with Gasteiger partial charge in [-0.15, -0.1) is 0 Å². The summed E-state index contributed by atoms with van der Waals surface area (Å²) in [6.07, 6.45) is 1.57. The molecule has 6 nitrogen and oxygen atoms in total. The Hall–Kier alpha value is -1.59. The van der Waals surface area contributed by atoms with Gasteiger partial charge in [-0.1, -0.05) is 0 Å². The molecule has 17 heavy (non-hydrogen) atoms. The minimum atomic E-state index is -0.644. The highest BCUT2D eigenvalue weighted by atomic mass is 16.2. The molecule has 3 N–H and O–H groups in total.